The van der Waals surface area contributed by atoms with Gasteiger partial charge in [0.1, 0.15) is 5.54 Å². The molecule has 0 aliphatic carbocycles. The summed E-state index contributed by atoms with van der Waals surface area (Å²) in [5.41, 5.74) is -0.750. The van der Waals surface area contributed by atoms with Gasteiger partial charge in [-0.05, 0) is 26.2 Å². The molecule has 100 valence electrons. The average Bonchev–Trinajstić information content (AvgIpc) is 2.46. The van der Waals surface area contributed by atoms with E-state index in [1.807, 2.05) is 6.92 Å². The van der Waals surface area contributed by atoms with Crippen LogP contribution in [0.25, 0.3) is 0 Å². The summed E-state index contributed by atoms with van der Waals surface area (Å²) in [7, 11) is 0. The standard InChI is InChI=1S/C14H22N2O2/c1-4-6-7-8-10-16-11-9-12(17)15-14(3,5-2)13(16)18/h1H,5-11H2,2-3H3,(H,15,17). The Balaban J connectivity index is 2.64. The lowest BCUT2D eigenvalue weighted by Gasteiger charge is -2.31. The summed E-state index contributed by atoms with van der Waals surface area (Å²) >= 11 is 0. The van der Waals surface area contributed by atoms with Crippen LogP contribution in [0.3, 0.4) is 0 Å². The number of rotatable bonds is 5. The maximum absolute atomic E-state index is 12.4. The molecule has 1 aliphatic rings. The monoisotopic (exact) mass is 250 g/mol. The van der Waals surface area contributed by atoms with Gasteiger partial charge >= 0.3 is 0 Å². The third-order valence-electron chi connectivity index (χ3n) is 3.49. The van der Waals surface area contributed by atoms with Gasteiger partial charge in [-0.15, -0.1) is 12.3 Å². The van der Waals surface area contributed by atoms with Crippen LogP contribution in [0.4, 0.5) is 0 Å². The summed E-state index contributed by atoms with van der Waals surface area (Å²) in [4.78, 5) is 25.8. The lowest BCUT2D eigenvalue weighted by atomic mass is 9.97. The topological polar surface area (TPSA) is 49.4 Å². The zero-order valence-corrected chi connectivity index (χ0v) is 11.3. The van der Waals surface area contributed by atoms with E-state index in [0.717, 1.165) is 19.3 Å². The molecule has 1 fully saturated rings. The summed E-state index contributed by atoms with van der Waals surface area (Å²) in [6, 6.07) is 0. The molecule has 18 heavy (non-hydrogen) atoms. The normalized spacial score (nSPS) is 24.4. The van der Waals surface area contributed by atoms with Gasteiger partial charge in [-0.3, -0.25) is 9.59 Å². The highest BCUT2D eigenvalue weighted by Gasteiger charge is 2.38. The Morgan fingerprint density at radius 1 is 1.44 bits per heavy atom. The predicted octanol–water partition coefficient (Wildman–Crippen LogP) is 1.31. The molecule has 1 N–H and O–H groups in total. The average molecular weight is 250 g/mol. The van der Waals surface area contributed by atoms with E-state index in [-0.39, 0.29) is 11.8 Å². The minimum absolute atomic E-state index is 0.0246. The van der Waals surface area contributed by atoms with Crippen molar-refractivity contribution in [2.45, 2.75) is 51.5 Å². The highest BCUT2D eigenvalue weighted by Crippen LogP contribution is 2.18. The van der Waals surface area contributed by atoms with Crippen LogP contribution in [0, 0.1) is 12.3 Å². The van der Waals surface area contributed by atoms with Crippen molar-refractivity contribution in [3.05, 3.63) is 0 Å². The van der Waals surface area contributed by atoms with Crippen molar-refractivity contribution in [3.63, 3.8) is 0 Å². The second kappa shape index (κ2) is 6.44. The molecule has 1 aliphatic heterocycles. The maximum Gasteiger partial charge on any atom is 0.248 e. The van der Waals surface area contributed by atoms with E-state index in [0.29, 0.717) is 25.9 Å². The minimum Gasteiger partial charge on any atom is -0.342 e. The van der Waals surface area contributed by atoms with Gasteiger partial charge in [0.25, 0.3) is 0 Å². The van der Waals surface area contributed by atoms with E-state index in [1.165, 1.54) is 0 Å². The molecule has 0 saturated carbocycles. The summed E-state index contributed by atoms with van der Waals surface area (Å²) in [6.45, 7) is 4.91. The molecule has 0 aromatic heterocycles. The van der Waals surface area contributed by atoms with Gasteiger partial charge in [0.2, 0.25) is 11.8 Å². The lowest BCUT2D eigenvalue weighted by molar-refractivity contribution is -0.138. The van der Waals surface area contributed by atoms with E-state index < -0.39 is 5.54 Å². The fourth-order valence-electron chi connectivity index (χ4n) is 2.09. The summed E-state index contributed by atoms with van der Waals surface area (Å²) < 4.78 is 0. The maximum atomic E-state index is 12.4. The lowest BCUT2D eigenvalue weighted by Crippen LogP contribution is -2.54. The number of hydrogen-bond acceptors (Lipinski definition) is 2. The van der Waals surface area contributed by atoms with Crippen molar-refractivity contribution in [3.8, 4) is 12.3 Å². The van der Waals surface area contributed by atoms with Gasteiger partial charge in [-0.1, -0.05) is 6.92 Å². The second-order valence-electron chi connectivity index (χ2n) is 4.94. The Bertz CT molecular complexity index is 359. The van der Waals surface area contributed by atoms with Crippen LogP contribution >= 0.6 is 0 Å². The highest BCUT2D eigenvalue weighted by molar-refractivity contribution is 5.93. The quantitative estimate of drug-likeness (QED) is 0.591. The van der Waals surface area contributed by atoms with Gasteiger partial charge in [0, 0.05) is 25.9 Å². The first-order valence-corrected chi connectivity index (χ1v) is 6.57. The molecule has 4 heteroatoms. The van der Waals surface area contributed by atoms with E-state index in [2.05, 4.69) is 11.2 Å². The fraction of sp³-hybridized carbons (Fsp3) is 0.714. The first-order valence-electron chi connectivity index (χ1n) is 6.57. The molecule has 0 bridgehead atoms. The van der Waals surface area contributed by atoms with Crippen LogP contribution in [-0.4, -0.2) is 35.3 Å². The first-order chi connectivity index (χ1) is 8.53. The van der Waals surface area contributed by atoms with Gasteiger partial charge in [0.15, 0.2) is 0 Å². The Morgan fingerprint density at radius 3 is 2.78 bits per heavy atom. The van der Waals surface area contributed by atoms with Gasteiger partial charge in [-0.25, -0.2) is 0 Å². The van der Waals surface area contributed by atoms with Crippen molar-refractivity contribution in [1.29, 1.82) is 0 Å². The summed E-state index contributed by atoms with van der Waals surface area (Å²) in [5.74, 6) is 2.58. The Hall–Kier alpha value is -1.50. The third kappa shape index (κ3) is 3.49. The molecule has 0 radical (unpaired) electrons. The van der Waals surface area contributed by atoms with Crippen LogP contribution in [0.5, 0.6) is 0 Å². The number of hydrogen-bond donors (Lipinski definition) is 1. The Labute approximate surface area is 109 Å². The molecule has 1 heterocycles. The number of carbonyl (C=O) groups is 2. The number of terminal acetylenes is 1. The van der Waals surface area contributed by atoms with E-state index in [1.54, 1.807) is 11.8 Å². The van der Waals surface area contributed by atoms with Crippen molar-refractivity contribution in [2.75, 3.05) is 13.1 Å². The van der Waals surface area contributed by atoms with Gasteiger partial charge in [-0.2, -0.15) is 0 Å². The molecular weight excluding hydrogens is 228 g/mol. The Morgan fingerprint density at radius 2 is 2.17 bits per heavy atom. The van der Waals surface area contributed by atoms with E-state index in [4.69, 9.17) is 6.42 Å². The molecule has 1 rings (SSSR count). The largest absolute Gasteiger partial charge is 0.342 e. The number of unbranched alkanes of at least 4 members (excludes halogenated alkanes) is 2. The molecule has 2 amide bonds. The smallest absolute Gasteiger partial charge is 0.248 e. The van der Waals surface area contributed by atoms with Crippen LogP contribution in [0.1, 0.15) is 46.0 Å². The molecule has 4 nitrogen and oxygen atoms in total. The van der Waals surface area contributed by atoms with E-state index >= 15 is 0 Å². The fourth-order valence-corrected chi connectivity index (χ4v) is 2.09. The molecule has 1 unspecified atom stereocenters. The third-order valence-corrected chi connectivity index (χ3v) is 3.49. The van der Waals surface area contributed by atoms with Crippen molar-refractivity contribution in [2.24, 2.45) is 0 Å². The first kappa shape index (κ1) is 14.6. The SMILES string of the molecule is C#CCCCCN1CCC(=O)NC(C)(CC)C1=O. The van der Waals surface area contributed by atoms with Crippen LogP contribution in [0.2, 0.25) is 0 Å². The molecule has 0 aromatic carbocycles. The predicted molar refractivity (Wildman–Crippen MR) is 70.7 cm³/mol. The van der Waals surface area contributed by atoms with Gasteiger partial charge < -0.3 is 10.2 Å². The molecule has 1 atom stereocenters. The van der Waals surface area contributed by atoms with Crippen molar-refractivity contribution in [1.82, 2.24) is 10.2 Å². The van der Waals surface area contributed by atoms with Crippen LogP contribution in [0.15, 0.2) is 0 Å². The zero-order valence-electron chi connectivity index (χ0n) is 11.3. The molecule has 1 saturated heterocycles. The minimum atomic E-state index is -0.750. The highest BCUT2D eigenvalue weighted by atomic mass is 16.2. The zero-order chi connectivity index (χ0) is 13.6. The molecule has 0 aromatic rings. The molecule has 0 spiro atoms. The molecular formula is C14H22N2O2. The Kier molecular flexibility index (Phi) is 5.21. The van der Waals surface area contributed by atoms with Crippen molar-refractivity contribution < 1.29 is 9.59 Å². The number of nitrogens with one attached hydrogen (secondary N) is 1. The number of amides is 2. The van der Waals surface area contributed by atoms with E-state index in [9.17, 15) is 9.59 Å². The summed E-state index contributed by atoms with van der Waals surface area (Å²) in [6.07, 6.45) is 8.75. The van der Waals surface area contributed by atoms with Crippen LogP contribution in [-0.2, 0) is 9.59 Å². The summed E-state index contributed by atoms with van der Waals surface area (Å²) in [5, 5.41) is 2.82. The number of nitrogens with zero attached hydrogens (tertiary/aromatic N) is 1. The van der Waals surface area contributed by atoms with Crippen molar-refractivity contribution >= 4 is 11.8 Å². The van der Waals surface area contributed by atoms with Crippen LogP contribution < -0.4 is 5.32 Å². The number of carbonyl (C=O) groups excluding carboxylic acids is 2. The second-order valence-corrected chi connectivity index (χ2v) is 4.94. The van der Waals surface area contributed by atoms with Gasteiger partial charge in [0.05, 0.1) is 0 Å².